The normalized spacial score (nSPS) is 16.4. The highest BCUT2D eigenvalue weighted by molar-refractivity contribution is 14.0. The first-order chi connectivity index (χ1) is 14.7. The molecule has 31 heavy (non-hydrogen) atoms. The van der Waals surface area contributed by atoms with Crippen LogP contribution in [0.4, 0.5) is 0 Å². The van der Waals surface area contributed by atoms with Gasteiger partial charge in [-0.15, -0.1) is 35.3 Å². The van der Waals surface area contributed by atoms with Crippen molar-refractivity contribution in [3.05, 3.63) is 46.5 Å². The van der Waals surface area contributed by atoms with Crippen LogP contribution >= 0.6 is 35.3 Å². The van der Waals surface area contributed by atoms with E-state index in [0.717, 1.165) is 31.5 Å². The van der Waals surface area contributed by atoms with Crippen LogP contribution in [0.3, 0.4) is 0 Å². The number of carbonyl (C=O) groups excluding carboxylic acids is 1. The lowest BCUT2D eigenvalue weighted by molar-refractivity contribution is 0.0926. The number of thiophene rings is 1. The van der Waals surface area contributed by atoms with Gasteiger partial charge in [0, 0.05) is 24.5 Å². The number of nitrogens with one attached hydrogen (secondary N) is 3. The Kier molecular flexibility index (Phi) is 11.4. The topological polar surface area (TPSA) is 81.9 Å². The number of carbonyl (C=O) groups is 1. The van der Waals surface area contributed by atoms with E-state index in [0.29, 0.717) is 31.4 Å². The molecule has 1 aliphatic heterocycles. The molecule has 0 radical (unpaired) electrons. The zero-order chi connectivity index (χ0) is 21.2. The van der Waals surface area contributed by atoms with E-state index in [2.05, 4.69) is 52.2 Å². The maximum atomic E-state index is 11.9. The molecule has 1 atom stereocenters. The number of likely N-dealkylation sites (tertiary alicyclic amines) is 1. The maximum absolute atomic E-state index is 11.9. The molecule has 9 heteroatoms. The number of amides is 1. The largest absolute Gasteiger partial charge is 0.459 e. The summed E-state index contributed by atoms with van der Waals surface area (Å²) in [5, 5.41) is 11.6. The summed E-state index contributed by atoms with van der Waals surface area (Å²) < 4.78 is 5.10. The second-order valence-electron chi connectivity index (χ2n) is 7.63. The van der Waals surface area contributed by atoms with Crippen molar-refractivity contribution in [1.29, 1.82) is 0 Å². The number of guanidine groups is 1. The summed E-state index contributed by atoms with van der Waals surface area (Å²) in [5.41, 5.74) is 0. The third-order valence-electron chi connectivity index (χ3n) is 5.35. The summed E-state index contributed by atoms with van der Waals surface area (Å²) in [6.45, 7) is 9.22. The monoisotopic (exact) mass is 559 g/mol. The van der Waals surface area contributed by atoms with Crippen molar-refractivity contribution in [3.63, 3.8) is 0 Å². The molecule has 1 amide bonds. The number of aliphatic imine (C=N–C) groups is 1. The summed E-state index contributed by atoms with van der Waals surface area (Å²) in [5.74, 6) is 1.70. The zero-order valence-electron chi connectivity index (χ0n) is 18.3. The van der Waals surface area contributed by atoms with Gasteiger partial charge >= 0.3 is 0 Å². The van der Waals surface area contributed by atoms with E-state index in [4.69, 9.17) is 9.41 Å². The van der Waals surface area contributed by atoms with Crippen LogP contribution in [0.5, 0.6) is 0 Å². The van der Waals surface area contributed by atoms with Gasteiger partial charge < -0.3 is 20.4 Å². The predicted molar refractivity (Wildman–Crippen MR) is 137 cm³/mol. The van der Waals surface area contributed by atoms with Crippen LogP contribution < -0.4 is 16.0 Å². The van der Waals surface area contributed by atoms with Gasteiger partial charge in [0.25, 0.3) is 5.91 Å². The fourth-order valence-corrected chi connectivity index (χ4v) is 4.43. The summed E-state index contributed by atoms with van der Waals surface area (Å²) in [6.07, 6.45) is 3.99. The third kappa shape index (κ3) is 8.12. The van der Waals surface area contributed by atoms with E-state index >= 15 is 0 Å². The first kappa shape index (κ1) is 25.7. The molecule has 0 saturated carbocycles. The lowest BCUT2D eigenvalue weighted by Crippen LogP contribution is -2.42. The zero-order valence-corrected chi connectivity index (χ0v) is 21.4. The second kappa shape index (κ2) is 13.7. The molecule has 1 unspecified atom stereocenters. The average molecular weight is 560 g/mol. The molecule has 0 aliphatic carbocycles. The van der Waals surface area contributed by atoms with Crippen molar-refractivity contribution < 1.29 is 9.21 Å². The maximum Gasteiger partial charge on any atom is 0.287 e. The van der Waals surface area contributed by atoms with Crippen molar-refractivity contribution >= 4 is 47.2 Å². The number of rotatable bonds is 9. The van der Waals surface area contributed by atoms with Crippen LogP contribution in [0.2, 0.25) is 0 Å². The molecule has 3 rings (SSSR count). The van der Waals surface area contributed by atoms with E-state index in [1.807, 2.05) is 0 Å². The van der Waals surface area contributed by atoms with Gasteiger partial charge in [0.15, 0.2) is 11.7 Å². The molecule has 7 nitrogen and oxygen atoms in total. The van der Waals surface area contributed by atoms with Gasteiger partial charge in [-0.1, -0.05) is 13.0 Å². The molecule has 1 aliphatic rings. The van der Waals surface area contributed by atoms with Gasteiger partial charge in [-0.05, 0) is 62.4 Å². The minimum atomic E-state index is -0.208. The highest BCUT2D eigenvalue weighted by Gasteiger charge is 2.25. The van der Waals surface area contributed by atoms with Crippen molar-refractivity contribution in [3.8, 4) is 0 Å². The molecule has 2 aromatic heterocycles. The van der Waals surface area contributed by atoms with E-state index < -0.39 is 0 Å². The van der Waals surface area contributed by atoms with Gasteiger partial charge in [-0.25, -0.2) is 0 Å². The van der Waals surface area contributed by atoms with E-state index in [-0.39, 0.29) is 29.9 Å². The van der Waals surface area contributed by atoms with E-state index in [9.17, 15) is 4.79 Å². The first-order valence-corrected chi connectivity index (χ1v) is 11.7. The summed E-state index contributed by atoms with van der Waals surface area (Å²) >= 11 is 1.81. The Bertz CT molecular complexity index is 774. The Hall–Kier alpha value is -1.59. The number of hydrogen-bond donors (Lipinski definition) is 3. The molecule has 172 valence electrons. The number of hydrogen-bond acceptors (Lipinski definition) is 5. The van der Waals surface area contributed by atoms with Crippen molar-refractivity contribution in [2.75, 3.05) is 39.3 Å². The Morgan fingerprint density at radius 2 is 2.00 bits per heavy atom. The average Bonchev–Trinajstić information content (AvgIpc) is 3.46. The van der Waals surface area contributed by atoms with E-state index in [1.165, 1.54) is 24.0 Å². The molecule has 3 N–H and O–H groups in total. The highest BCUT2D eigenvalue weighted by atomic mass is 127. The lowest BCUT2D eigenvalue weighted by atomic mass is 9.97. The fraction of sp³-hybridized carbons (Fsp3) is 0.545. The lowest BCUT2D eigenvalue weighted by Gasteiger charge is -2.35. The minimum Gasteiger partial charge on any atom is -0.459 e. The molecule has 0 bridgehead atoms. The smallest absolute Gasteiger partial charge is 0.287 e. The molecule has 1 saturated heterocycles. The molecule has 0 spiro atoms. The highest BCUT2D eigenvalue weighted by Crippen LogP contribution is 2.29. The first-order valence-electron chi connectivity index (χ1n) is 10.8. The minimum absolute atomic E-state index is 0. The van der Waals surface area contributed by atoms with Crippen LogP contribution in [0.1, 0.15) is 48.2 Å². The summed E-state index contributed by atoms with van der Waals surface area (Å²) in [7, 11) is 0. The van der Waals surface area contributed by atoms with E-state index in [1.54, 1.807) is 23.5 Å². The van der Waals surface area contributed by atoms with Crippen LogP contribution in [-0.2, 0) is 0 Å². The van der Waals surface area contributed by atoms with Crippen LogP contribution in [0, 0.1) is 5.92 Å². The van der Waals surface area contributed by atoms with Gasteiger partial charge in [0.1, 0.15) is 0 Å². The molecule has 0 aromatic carbocycles. The van der Waals surface area contributed by atoms with Crippen molar-refractivity contribution in [1.82, 2.24) is 20.9 Å². The Morgan fingerprint density at radius 1 is 1.23 bits per heavy atom. The number of piperidine rings is 1. The van der Waals surface area contributed by atoms with Gasteiger partial charge in [0.05, 0.1) is 18.8 Å². The van der Waals surface area contributed by atoms with Gasteiger partial charge in [0.2, 0.25) is 0 Å². The van der Waals surface area contributed by atoms with Crippen molar-refractivity contribution in [2.24, 2.45) is 10.9 Å². The van der Waals surface area contributed by atoms with Crippen LogP contribution in [0.15, 0.2) is 45.3 Å². The Labute approximate surface area is 206 Å². The number of nitrogens with zero attached hydrogens (tertiary/aromatic N) is 2. The molecule has 3 heterocycles. The SMILES string of the molecule is CCNC(=NCC(c1cccs1)N1CCC(C)CC1)NCCNC(=O)c1ccco1.I. The third-order valence-corrected chi connectivity index (χ3v) is 6.32. The van der Waals surface area contributed by atoms with Crippen LogP contribution in [0.25, 0.3) is 0 Å². The number of furan rings is 1. The fourth-order valence-electron chi connectivity index (χ4n) is 3.58. The molecule has 1 fully saturated rings. The molecular weight excluding hydrogens is 525 g/mol. The Balaban J connectivity index is 0.00000341. The van der Waals surface area contributed by atoms with Gasteiger partial charge in [-0.3, -0.25) is 14.7 Å². The number of halogens is 1. The summed E-state index contributed by atoms with van der Waals surface area (Å²) in [6, 6.07) is 8.00. The Morgan fingerprint density at radius 3 is 2.65 bits per heavy atom. The molecule has 2 aromatic rings. The summed E-state index contributed by atoms with van der Waals surface area (Å²) in [4.78, 5) is 20.7. The predicted octanol–water partition coefficient (Wildman–Crippen LogP) is 3.72. The molecular formula is C22H34IN5O2S. The second-order valence-corrected chi connectivity index (χ2v) is 8.61. The quantitative estimate of drug-likeness (QED) is 0.189. The van der Waals surface area contributed by atoms with Crippen molar-refractivity contribution in [2.45, 2.75) is 32.7 Å². The van der Waals surface area contributed by atoms with Crippen LogP contribution in [-0.4, -0.2) is 56.0 Å². The standard InChI is InChI=1S/C22H33N5O2S.HI/c1-3-23-22(25-11-10-24-21(28)19-6-4-14-29-19)26-16-18(20-7-5-15-30-20)27-12-8-17(2)9-13-27;/h4-7,14-15,17-18H,3,8-13,16H2,1-2H3,(H,24,28)(H2,23,25,26);1H. The van der Waals surface area contributed by atoms with Gasteiger partial charge in [-0.2, -0.15) is 0 Å².